The van der Waals surface area contributed by atoms with Crippen LogP contribution in [-0.2, 0) is 11.3 Å². The number of benzene rings is 1. The van der Waals surface area contributed by atoms with Gasteiger partial charge in [0.15, 0.2) is 5.69 Å². The van der Waals surface area contributed by atoms with Crippen molar-refractivity contribution < 1.29 is 14.3 Å². The van der Waals surface area contributed by atoms with Crippen molar-refractivity contribution in [1.29, 1.82) is 0 Å². The van der Waals surface area contributed by atoms with Gasteiger partial charge in [0.05, 0.1) is 24.1 Å². The smallest absolute Gasteiger partial charge is 0.337 e. The number of hydrogen-bond acceptors (Lipinski definition) is 5. The van der Waals surface area contributed by atoms with E-state index in [9.17, 15) is 9.59 Å². The van der Waals surface area contributed by atoms with Crippen LogP contribution in [0, 0.1) is 6.92 Å². The van der Waals surface area contributed by atoms with E-state index in [0.717, 1.165) is 5.56 Å². The Morgan fingerprint density at radius 2 is 2.00 bits per heavy atom. The standard InChI is InChI=1S/C14H16N4O3/c1-8-11(15)12(18-17-8)13(19)16-7-9-3-5-10(6-4-9)14(20)21-2/h3-6H,7,15H2,1-2H3,(H,16,19)(H,17,18). The Balaban J connectivity index is 1.98. The van der Waals surface area contributed by atoms with E-state index in [1.165, 1.54) is 7.11 Å². The van der Waals surface area contributed by atoms with Crippen LogP contribution in [0.25, 0.3) is 0 Å². The molecular formula is C14H16N4O3. The minimum Gasteiger partial charge on any atom is -0.465 e. The van der Waals surface area contributed by atoms with Gasteiger partial charge in [-0.1, -0.05) is 12.1 Å². The van der Waals surface area contributed by atoms with Gasteiger partial charge < -0.3 is 15.8 Å². The van der Waals surface area contributed by atoms with Crippen LogP contribution in [0.5, 0.6) is 0 Å². The molecule has 0 aliphatic rings. The van der Waals surface area contributed by atoms with Crippen molar-refractivity contribution in [2.24, 2.45) is 0 Å². The number of aryl methyl sites for hydroxylation is 1. The number of anilines is 1. The normalized spacial score (nSPS) is 10.2. The highest BCUT2D eigenvalue weighted by Crippen LogP contribution is 2.12. The lowest BCUT2D eigenvalue weighted by atomic mass is 10.1. The second-order valence-electron chi connectivity index (χ2n) is 4.48. The highest BCUT2D eigenvalue weighted by atomic mass is 16.5. The van der Waals surface area contributed by atoms with Crippen molar-refractivity contribution in [3.8, 4) is 0 Å². The number of hydrogen-bond donors (Lipinski definition) is 3. The van der Waals surface area contributed by atoms with Crippen LogP contribution in [0.4, 0.5) is 5.69 Å². The molecule has 7 heteroatoms. The van der Waals surface area contributed by atoms with Gasteiger partial charge in [0, 0.05) is 6.54 Å². The second kappa shape index (κ2) is 6.08. The van der Waals surface area contributed by atoms with E-state index in [0.29, 0.717) is 23.5 Å². The van der Waals surface area contributed by atoms with Crippen molar-refractivity contribution in [2.45, 2.75) is 13.5 Å². The molecule has 2 rings (SSSR count). The number of aromatic nitrogens is 2. The van der Waals surface area contributed by atoms with Gasteiger partial charge in [0.2, 0.25) is 0 Å². The van der Waals surface area contributed by atoms with E-state index in [2.05, 4.69) is 20.3 Å². The first-order valence-corrected chi connectivity index (χ1v) is 6.28. The van der Waals surface area contributed by atoms with E-state index < -0.39 is 5.97 Å². The van der Waals surface area contributed by atoms with E-state index in [-0.39, 0.29) is 11.6 Å². The number of nitrogens with one attached hydrogen (secondary N) is 2. The van der Waals surface area contributed by atoms with E-state index in [1.807, 2.05) is 0 Å². The number of nitrogen functional groups attached to an aromatic ring is 1. The van der Waals surface area contributed by atoms with Crippen LogP contribution in [0.15, 0.2) is 24.3 Å². The molecular weight excluding hydrogens is 272 g/mol. The van der Waals surface area contributed by atoms with Gasteiger partial charge in [-0.25, -0.2) is 4.79 Å². The Kier molecular flexibility index (Phi) is 4.22. The van der Waals surface area contributed by atoms with Gasteiger partial charge in [-0.3, -0.25) is 9.89 Å². The summed E-state index contributed by atoms with van der Waals surface area (Å²) in [7, 11) is 1.33. The largest absolute Gasteiger partial charge is 0.465 e. The topological polar surface area (TPSA) is 110 Å². The Morgan fingerprint density at radius 1 is 1.33 bits per heavy atom. The summed E-state index contributed by atoms with van der Waals surface area (Å²) in [6.07, 6.45) is 0. The number of methoxy groups -OCH3 is 1. The Bertz CT molecular complexity index is 661. The van der Waals surface area contributed by atoms with Crippen molar-refractivity contribution in [3.63, 3.8) is 0 Å². The number of amides is 1. The fourth-order valence-corrected chi connectivity index (χ4v) is 1.75. The second-order valence-corrected chi connectivity index (χ2v) is 4.48. The highest BCUT2D eigenvalue weighted by molar-refractivity contribution is 5.97. The molecule has 21 heavy (non-hydrogen) atoms. The lowest BCUT2D eigenvalue weighted by Gasteiger charge is -2.05. The van der Waals surface area contributed by atoms with E-state index >= 15 is 0 Å². The molecule has 0 fully saturated rings. The van der Waals surface area contributed by atoms with Crippen LogP contribution in [0.2, 0.25) is 0 Å². The average Bonchev–Trinajstić information content (AvgIpc) is 2.84. The van der Waals surface area contributed by atoms with Crippen LogP contribution in [0.3, 0.4) is 0 Å². The summed E-state index contributed by atoms with van der Waals surface area (Å²) < 4.78 is 4.61. The molecule has 0 aliphatic carbocycles. The quantitative estimate of drug-likeness (QED) is 0.727. The van der Waals surface area contributed by atoms with Gasteiger partial charge in [-0.05, 0) is 24.6 Å². The number of carbonyl (C=O) groups is 2. The minimum absolute atomic E-state index is 0.179. The van der Waals surface area contributed by atoms with Crippen LogP contribution in [0.1, 0.15) is 32.1 Å². The third-order valence-electron chi connectivity index (χ3n) is 3.04. The minimum atomic E-state index is -0.398. The van der Waals surface area contributed by atoms with Gasteiger partial charge in [0.1, 0.15) is 0 Å². The molecule has 0 bridgehead atoms. The molecule has 7 nitrogen and oxygen atoms in total. The predicted molar refractivity (Wildman–Crippen MR) is 76.7 cm³/mol. The third kappa shape index (κ3) is 3.19. The molecule has 0 aliphatic heterocycles. The zero-order valence-corrected chi connectivity index (χ0v) is 11.8. The van der Waals surface area contributed by atoms with E-state index in [4.69, 9.17) is 5.73 Å². The Hall–Kier alpha value is -2.83. The van der Waals surface area contributed by atoms with Crippen LogP contribution < -0.4 is 11.1 Å². The fourth-order valence-electron chi connectivity index (χ4n) is 1.75. The summed E-state index contributed by atoms with van der Waals surface area (Å²) >= 11 is 0. The number of ether oxygens (including phenoxy) is 1. The summed E-state index contributed by atoms with van der Waals surface area (Å²) in [5.41, 5.74) is 8.22. The molecule has 0 saturated carbocycles. The van der Waals surface area contributed by atoms with Crippen molar-refractivity contribution in [2.75, 3.05) is 12.8 Å². The summed E-state index contributed by atoms with van der Waals surface area (Å²) in [5.74, 6) is -0.751. The molecule has 0 unspecified atom stereocenters. The van der Waals surface area contributed by atoms with E-state index in [1.54, 1.807) is 31.2 Å². The number of rotatable bonds is 4. The van der Waals surface area contributed by atoms with Crippen molar-refractivity contribution in [1.82, 2.24) is 15.5 Å². The molecule has 1 aromatic carbocycles. The lowest BCUT2D eigenvalue weighted by molar-refractivity contribution is 0.0600. The molecule has 0 atom stereocenters. The molecule has 110 valence electrons. The summed E-state index contributed by atoms with van der Waals surface area (Å²) in [6, 6.07) is 6.76. The number of carbonyl (C=O) groups excluding carboxylic acids is 2. The molecule has 0 spiro atoms. The van der Waals surface area contributed by atoms with Crippen LogP contribution in [-0.4, -0.2) is 29.2 Å². The van der Waals surface area contributed by atoms with Gasteiger partial charge in [0.25, 0.3) is 5.91 Å². The number of esters is 1. The first-order chi connectivity index (χ1) is 10.0. The molecule has 2 aromatic rings. The fraction of sp³-hybridized carbons (Fsp3) is 0.214. The molecule has 1 amide bonds. The Morgan fingerprint density at radius 3 is 2.52 bits per heavy atom. The van der Waals surface area contributed by atoms with Gasteiger partial charge in [-0.15, -0.1) is 0 Å². The maximum atomic E-state index is 11.9. The van der Waals surface area contributed by atoms with Gasteiger partial charge in [-0.2, -0.15) is 5.10 Å². The maximum Gasteiger partial charge on any atom is 0.337 e. The molecule has 4 N–H and O–H groups in total. The SMILES string of the molecule is COC(=O)c1ccc(CNC(=O)c2n[nH]c(C)c2N)cc1. The molecule has 0 radical (unpaired) electrons. The van der Waals surface area contributed by atoms with Crippen LogP contribution >= 0.6 is 0 Å². The maximum absolute atomic E-state index is 11.9. The first kappa shape index (κ1) is 14.6. The first-order valence-electron chi connectivity index (χ1n) is 6.28. The zero-order valence-electron chi connectivity index (χ0n) is 11.8. The molecule has 1 heterocycles. The van der Waals surface area contributed by atoms with Crippen molar-refractivity contribution in [3.05, 3.63) is 46.8 Å². The predicted octanol–water partition coefficient (Wildman–Crippen LogP) is 1.02. The molecule has 0 saturated heterocycles. The third-order valence-corrected chi connectivity index (χ3v) is 3.04. The summed E-state index contributed by atoms with van der Waals surface area (Å²) in [5, 5.41) is 9.22. The Labute approximate surface area is 121 Å². The lowest BCUT2D eigenvalue weighted by Crippen LogP contribution is -2.24. The monoisotopic (exact) mass is 288 g/mol. The number of nitrogens with two attached hydrogens (primary N) is 1. The zero-order chi connectivity index (χ0) is 15.4. The number of nitrogens with zero attached hydrogens (tertiary/aromatic N) is 1. The number of aromatic amines is 1. The van der Waals surface area contributed by atoms with Gasteiger partial charge >= 0.3 is 5.97 Å². The summed E-state index contributed by atoms with van der Waals surface area (Å²) in [4.78, 5) is 23.2. The highest BCUT2D eigenvalue weighted by Gasteiger charge is 2.14. The number of H-pyrrole nitrogens is 1. The van der Waals surface area contributed by atoms with Crippen molar-refractivity contribution >= 4 is 17.6 Å². The summed E-state index contributed by atoms with van der Waals surface area (Å²) in [6.45, 7) is 2.05. The average molecular weight is 288 g/mol. The molecule has 1 aromatic heterocycles.